The lowest BCUT2D eigenvalue weighted by atomic mass is 10.1. The minimum atomic E-state index is -2.89. The first-order valence-electron chi connectivity index (χ1n) is 7.47. The lowest BCUT2D eigenvalue weighted by molar-refractivity contribution is 0.0970. The number of hydrogen-bond donors (Lipinski definition) is 0. The van der Waals surface area contributed by atoms with Crippen molar-refractivity contribution >= 4 is 5.78 Å². The Hall–Kier alpha value is -3.36. The second kappa shape index (κ2) is 7.26. The summed E-state index contributed by atoms with van der Waals surface area (Å²) in [7, 11) is 1.49. The van der Waals surface area contributed by atoms with Crippen LogP contribution in [0.15, 0.2) is 51.8 Å². The van der Waals surface area contributed by atoms with Crippen molar-refractivity contribution in [2.24, 2.45) is 0 Å². The lowest BCUT2D eigenvalue weighted by Crippen LogP contribution is -2.23. The summed E-state index contributed by atoms with van der Waals surface area (Å²) in [4.78, 5) is 24.5. The smallest absolute Gasteiger partial charge is 0.314 e. The Kier molecular flexibility index (Phi) is 4.87. The Bertz CT molecular complexity index is 997. The van der Waals surface area contributed by atoms with Crippen LogP contribution < -0.4 is 10.3 Å². The standard InChI is InChI=1S/C17H13F2N3O4/c1-25-12-4-2-3-10(7-12)13(23)9-22-6-5-11(8-14(22)24)16-20-21-17(26-16)15(18)19/h2-8,15H,9H2,1H3. The van der Waals surface area contributed by atoms with E-state index in [1.54, 1.807) is 24.3 Å². The van der Waals surface area contributed by atoms with E-state index in [9.17, 15) is 18.4 Å². The molecule has 0 aliphatic carbocycles. The first-order valence-corrected chi connectivity index (χ1v) is 7.47. The molecule has 0 unspecified atom stereocenters. The second-order valence-corrected chi connectivity index (χ2v) is 5.28. The summed E-state index contributed by atoms with van der Waals surface area (Å²) in [5, 5.41) is 6.69. The van der Waals surface area contributed by atoms with E-state index in [0.717, 1.165) is 6.07 Å². The number of halogens is 2. The molecule has 0 aliphatic rings. The molecule has 0 saturated heterocycles. The van der Waals surface area contributed by atoms with Gasteiger partial charge in [0.1, 0.15) is 5.75 Å². The molecule has 0 radical (unpaired) electrons. The van der Waals surface area contributed by atoms with Gasteiger partial charge in [0, 0.05) is 23.4 Å². The number of ketones is 1. The van der Waals surface area contributed by atoms with Crippen LogP contribution in [0.3, 0.4) is 0 Å². The number of Topliss-reactive ketones (excluding diaryl/α,β-unsaturated/α-hetero) is 1. The van der Waals surface area contributed by atoms with Gasteiger partial charge in [-0.25, -0.2) is 0 Å². The van der Waals surface area contributed by atoms with Gasteiger partial charge < -0.3 is 13.7 Å². The third-order valence-electron chi connectivity index (χ3n) is 3.58. The van der Waals surface area contributed by atoms with Gasteiger partial charge in [-0.15, -0.1) is 10.2 Å². The number of rotatable bonds is 6. The molecule has 7 nitrogen and oxygen atoms in total. The van der Waals surface area contributed by atoms with Crippen LogP contribution in [0.5, 0.6) is 5.75 Å². The first-order chi connectivity index (χ1) is 12.5. The molecule has 0 N–H and O–H groups in total. The van der Waals surface area contributed by atoms with Gasteiger partial charge in [-0.2, -0.15) is 8.78 Å². The van der Waals surface area contributed by atoms with Crippen LogP contribution in [0.2, 0.25) is 0 Å². The Balaban J connectivity index is 1.81. The molecule has 2 heterocycles. The maximum Gasteiger partial charge on any atom is 0.314 e. The van der Waals surface area contributed by atoms with Crippen LogP contribution in [0.4, 0.5) is 8.78 Å². The summed E-state index contributed by atoms with van der Waals surface area (Å²) in [6.07, 6.45) is -1.53. The molecular formula is C17H13F2N3O4. The molecule has 9 heteroatoms. The Morgan fingerprint density at radius 1 is 1.27 bits per heavy atom. The van der Waals surface area contributed by atoms with E-state index in [4.69, 9.17) is 9.15 Å². The predicted octanol–water partition coefficient (Wildman–Crippen LogP) is 2.73. The highest BCUT2D eigenvalue weighted by molar-refractivity contribution is 5.96. The molecule has 26 heavy (non-hydrogen) atoms. The maximum atomic E-state index is 12.5. The summed E-state index contributed by atoms with van der Waals surface area (Å²) in [6.45, 7) is -0.182. The van der Waals surface area contributed by atoms with Gasteiger partial charge in [0.05, 0.1) is 13.7 Å². The van der Waals surface area contributed by atoms with Crippen LogP contribution in [0.25, 0.3) is 11.5 Å². The number of benzene rings is 1. The van der Waals surface area contributed by atoms with E-state index in [2.05, 4.69) is 10.2 Å². The largest absolute Gasteiger partial charge is 0.497 e. The average Bonchev–Trinajstić information content (AvgIpc) is 3.14. The quantitative estimate of drug-likeness (QED) is 0.628. The first kappa shape index (κ1) is 17.5. The topological polar surface area (TPSA) is 87.2 Å². The van der Waals surface area contributed by atoms with Gasteiger partial charge in [0.25, 0.3) is 11.4 Å². The van der Waals surface area contributed by atoms with E-state index >= 15 is 0 Å². The minimum absolute atomic E-state index is 0.182. The summed E-state index contributed by atoms with van der Waals surface area (Å²) in [5.41, 5.74) is 0.0915. The Labute approximate surface area is 145 Å². The van der Waals surface area contributed by atoms with Crippen LogP contribution in [0, 0.1) is 0 Å². The van der Waals surface area contributed by atoms with Gasteiger partial charge >= 0.3 is 6.43 Å². The normalized spacial score (nSPS) is 10.9. The number of pyridine rings is 1. The van der Waals surface area contributed by atoms with E-state index in [1.807, 2.05) is 0 Å². The molecule has 0 fully saturated rings. The molecule has 3 aromatic rings. The number of aromatic nitrogens is 3. The number of methoxy groups -OCH3 is 1. The van der Waals surface area contributed by atoms with Crippen molar-refractivity contribution in [3.05, 3.63) is 64.4 Å². The van der Waals surface area contributed by atoms with Crippen molar-refractivity contribution in [1.82, 2.24) is 14.8 Å². The van der Waals surface area contributed by atoms with Gasteiger partial charge in [0.2, 0.25) is 5.89 Å². The van der Waals surface area contributed by atoms with Crippen molar-refractivity contribution in [2.45, 2.75) is 13.0 Å². The van der Waals surface area contributed by atoms with Crippen molar-refractivity contribution in [2.75, 3.05) is 7.11 Å². The zero-order valence-electron chi connectivity index (χ0n) is 13.6. The molecule has 1 aromatic carbocycles. The van der Waals surface area contributed by atoms with Gasteiger partial charge in [0.15, 0.2) is 5.78 Å². The summed E-state index contributed by atoms with van der Waals surface area (Å²) in [5.74, 6) is -0.762. The molecular weight excluding hydrogens is 348 g/mol. The highest BCUT2D eigenvalue weighted by Gasteiger charge is 2.17. The lowest BCUT2D eigenvalue weighted by Gasteiger charge is -2.07. The fourth-order valence-corrected chi connectivity index (χ4v) is 2.25. The van der Waals surface area contributed by atoms with E-state index in [0.29, 0.717) is 11.3 Å². The third kappa shape index (κ3) is 3.66. The average molecular weight is 361 g/mol. The van der Waals surface area contributed by atoms with Gasteiger partial charge in [-0.1, -0.05) is 12.1 Å². The molecule has 0 saturated carbocycles. The van der Waals surface area contributed by atoms with Crippen molar-refractivity contribution < 1.29 is 22.7 Å². The van der Waals surface area contributed by atoms with Crippen molar-refractivity contribution in [1.29, 1.82) is 0 Å². The van der Waals surface area contributed by atoms with Gasteiger partial charge in [-0.05, 0) is 18.2 Å². The molecule has 0 atom stereocenters. The molecule has 134 valence electrons. The van der Waals surface area contributed by atoms with Crippen LogP contribution >= 0.6 is 0 Å². The number of ether oxygens (including phenoxy) is 1. The molecule has 0 amide bonds. The number of alkyl halides is 2. The molecule has 0 spiro atoms. The molecule has 3 rings (SSSR count). The highest BCUT2D eigenvalue weighted by Crippen LogP contribution is 2.22. The number of carbonyl (C=O) groups is 1. The third-order valence-corrected chi connectivity index (χ3v) is 3.58. The summed E-state index contributed by atoms with van der Waals surface area (Å²) < 4.78 is 36.0. The fourth-order valence-electron chi connectivity index (χ4n) is 2.25. The summed E-state index contributed by atoms with van der Waals surface area (Å²) in [6, 6.07) is 9.15. The van der Waals surface area contributed by atoms with E-state index in [1.165, 1.54) is 23.9 Å². The monoisotopic (exact) mass is 361 g/mol. The number of carbonyl (C=O) groups excluding carboxylic acids is 1. The maximum absolute atomic E-state index is 12.5. The molecule has 0 aliphatic heterocycles. The van der Waals surface area contributed by atoms with Crippen LogP contribution in [-0.2, 0) is 6.54 Å². The van der Waals surface area contributed by atoms with Crippen LogP contribution in [-0.4, -0.2) is 27.7 Å². The van der Waals surface area contributed by atoms with Crippen molar-refractivity contribution in [3.63, 3.8) is 0 Å². The zero-order chi connectivity index (χ0) is 18.7. The molecule has 0 bridgehead atoms. The fraction of sp³-hybridized carbons (Fsp3) is 0.176. The van der Waals surface area contributed by atoms with E-state index < -0.39 is 17.9 Å². The zero-order valence-corrected chi connectivity index (χ0v) is 13.6. The Morgan fingerprint density at radius 3 is 2.73 bits per heavy atom. The number of hydrogen-bond acceptors (Lipinski definition) is 6. The van der Waals surface area contributed by atoms with Gasteiger partial charge in [-0.3, -0.25) is 9.59 Å². The number of nitrogens with zero attached hydrogens (tertiary/aromatic N) is 3. The van der Waals surface area contributed by atoms with E-state index in [-0.39, 0.29) is 23.8 Å². The second-order valence-electron chi connectivity index (χ2n) is 5.28. The molecule has 2 aromatic heterocycles. The summed E-state index contributed by atoms with van der Waals surface area (Å²) >= 11 is 0. The highest BCUT2D eigenvalue weighted by atomic mass is 19.3. The Morgan fingerprint density at radius 2 is 2.08 bits per heavy atom. The van der Waals surface area contributed by atoms with Crippen molar-refractivity contribution in [3.8, 4) is 17.2 Å². The predicted molar refractivity (Wildman–Crippen MR) is 86.3 cm³/mol. The SMILES string of the molecule is COc1cccc(C(=O)Cn2ccc(-c3nnc(C(F)F)o3)cc2=O)c1. The van der Waals surface area contributed by atoms with Crippen LogP contribution in [0.1, 0.15) is 22.7 Å². The minimum Gasteiger partial charge on any atom is -0.497 e.